The Morgan fingerprint density at radius 3 is 2.45 bits per heavy atom. The molecule has 29 heavy (non-hydrogen) atoms. The molecule has 0 unspecified atom stereocenters. The summed E-state index contributed by atoms with van der Waals surface area (Å²) in [6.45, 7) is 2.12. The number of fused-ring (bicyclic) bond motifs is 1. The molecule has 1 aliphatic rings. The van der Waals surface area contributed by atoms with Gasteiger partial charge in [-0.3, -0.25) is 0 Å². The van der Waals surface area contributed by atoms with E-state index in [0.717, 1.165) is 23.6 Å². The first-order chi connectivity index (χ1) is 14.1. The standard InChI is InChI=1S/C25H27NO3/c1-26(2)14-15-28-21-11-8-19(9-12-21)25-22-13-10-20(27)16-24(22)29-17-23(25)18-6-4-3-5-7-18/h3-13,16,23,25,27H,14-15,17H2,1-2H3/t23-,25-/m1/s1. The highest BCUT2D eigenvalue weighted by molar-refractivity contribution is 5.50. The van der Waals surface area contributed by atoms with Crippen LogP contribution in [0.1, 0.15) is 28.5 Å². The summed E-state index contributed by atoms with van der Waals surface area (Å²) in [5.41, 5.74) is 3.57. The van der Waals surface area contributed by atoms with E-state index < -0.39 is 0 Å². The van der Waals surface area contributed by atoms with Gasteiger partial charge < -0.3 is 19.5 Å². The van der Waals surface area contributed by atoms with Gasteiger partial charge in [0.15, 0.2) is 0 Å². The quantitative estimate of drug-likeness (QED) is 0.667. The largest absolute Gasteiger partial charge is 0.508 e. The Bertz CT molecular complexity index is 938. The van der Waals surface area contributed by atoms with Crippen molar-refractivity contribution in [2.75, 3.05) is 33.9 Å². The number of ether oxygens (including phenoxy) is 2. The van der Waals surface area contributed by atoms with Gasteiger partial charge in [0.25, 0.3) is 0 Å². The van der Waals surface area contributed by atoms with Crippen molar-refractivity contribution in [1.82, 2.24) is 4.90 Å². The first kappa shape index (κ1) is 19.3. The summed E-state index contributed by atoms with van der Waals surface area (Å²) < 4.78 is 11.9. The zero-order valence-corrected chi connectivity index (χ0v) is 16.9. The highest BCUT2D eigenvalue weighted by Crippen LogP contribution is 2.47. The Hall–Kier alpha value is -2.98. The first-order valence-corrected chi connectivity index (χ1v) is 10.00. The molecule has 3 aromatic carbocycles. The first-order valence-electron chi connectivity index (χ1n) is 10.00. The van der Waals surface area contributed by atoms with Gasteiger partial charge in [-0.2, -0.15) is 0 Å². The number of phenolic OH excluding ortho intramolecular Hbond substituents is 1. The van der Waals surface area contributed by atoms with Crippen LogP contribution in [-0.2, 0) is 0 Å². The number of hydrogen-bond donors (Lipinski definition) is 1. The predicted molar refractivity (Wildman–Crippen MR) is 115 cm³/mol. The Balaban J connectivity index is 1.66. The third-order valence-corrected chi connectivity index (χ3v) is 5.43. The Labute approximate surface area is 172 Å². The summed E-state index contributed by atoms with van der Waals surface area (Å²) >= 11 is 0. The maximum atomic E-state index is 9.89. The maximum Gasteiger partial charge on any atom is 0.126 e. The minimum atomic E-state index is 0.151. The molecular weight excluding hydrogens is 362 g/mol. The van der Waals surface area contributed by atoms with Crippen LogP contribution >= 0.6 is 0 Å². The lowest BCUT2D eigenvalue weighted by Crippen LogP contribution is -2.25. The second-order valence-corrected chi connectivity index (χ2v) is 7.75. The number of aromatic hydroxyl groups is 1. The van der Waals surface area contributed by atoms with E-state index in [0.29, 0.717) is 13.2 Å². The molecule has 0 radical (unpaired) electrons. The molecule has 0 aromatic heterocycles. The summed E-state index contributed by atoms with van der Waals surface area (Å²) in [5.74, 6) is 2.22. The highest BCUT2D eigenvalue weighted by Gasteiger charge is 2.33. The predicted octanol–water partition coefficient (Wildman–Crippen LogP) is 4.64. The molecule has 1 heterocycles. The van der Waals surface area contributed by atoms with Gasteiger partial charge in [-0.15, -0.1) is 0 Å². The van der Waals surface area contributed by atoms with Crippen LogP contribution < -0.4 is 9.47 Å². The Morgan fingerprint density at radius 1 is 0.966 bits per heavy atom. The molecule has 0 spiro atoms. The zero-order valence-electron chi connectivity index (χ0n) is 16.9. The van der Waals surface area contributed by atoms with Crippen LogP contribution in [0.25, 0.3) is 0 Å². The third kappa shape index (κ3) is 4.38. The van der Waals surface area contributed by atoms with Crippen LogP contribution in [0, 0.1) is 0 Å². The smallest absolute Gasteiger partial charge is 0.126 e. The molecule has 1 aliphatic heterocycles. The average molecular weight is 389 g/mol. The summed E-state index contributed by atoms with van der Waals surface area (Å²) in [6.07, 6.45) is 0. The van der Waals surface area contributed by atoms with E-state index in [1.165, 1.54) is 11.1 Å². The molecule has 4 rings (SSSR count). The minimum Gasteiger partial charge on any atom is -0.508 e. The van der Waals surface area contributed by atoms with Crippen molar-refractivity contribution in [3.63, 3.8) is 0 Å². The van der Waals surface area contributed by atoms with E-state index in [-0.39, 0.29) is 17.6 Å². The van der Waals surface area contributed by atoms with E-state index in [2.05, 4.69) is 41.3 Å². The summed E-state index contributed by atoms with van der Waals surface area (Å²) in [5, 5.41) is 9.89. The molecule has 4 heteroatoms. The van der Waals surface area contributed by atoms with Crippen molar-refractivity contribution in [3.8, 4) is 17.2 Å². The van der Waals surface area contributed by atoms with Gasteiger partial charge in [0.2, 0.25) is 0 Å². The van der Waals surface area contributed by atoms with Gasteiger partial charge in [-0.05, 0) is 43.4 Å². The molecule has 0 bridgehead atoms. The van der Waals surface area contributed by atoms with Crippen LogP contribution in [0.4, 0.5) is 0 Å². The molecular formula is C25H27NO3. The van der Waals surface area contributed by atoms with Crippen LogP contribution in [-0.4, -0.2) is 43.9 Å². The zero-order chi connectivity index (χ0) is 20.2. The lowest BCUT2D eigenvalue weighted by molar-refractivity contribution is 0.247. The summed E-state index contributed by atoms with van der Waals surface area (Å²) in [7, 11) is 4.08. The van der Waals surface area contributed by atoms with E-state index >= 15 is 0 Å². The average Bonchev–Trinajstić information content (AvgIpc) is 2.74. The van der Waals surface area contributed by atoms with Crippen molar-refractivity contribution >= 4 is 0 Å². The van der Waals surface area contributed by atoms with E-state index in [1.807, 2.05) is 38.4 Å². The number of likely N-dealkylation sites (N-methyl/N-ethyl adjacent to an activating group) is 1. The molecule has 150 valence electrons. The van der Waals surface area contributed by atoms with Crippen LogP contribution in [0.5, 0.6) is 17.2 Å². The Morgan fingerprint density at radius 2 is 1.72 bits per heavy atom. The number of benzene rings is 3. The molecule has 2 atom stereocenters. The highest BCUT2D eigenvalue weighted by atomic mass is 16.5. The molecule has 0 aliphatic carbocycles. The normalized spacial score (nSPS) is 18.2. The van der Waals surface area contributed by atoms with Crippen LogP contribution in [0.3, 0.4) is 0 Å². The van der Waals surface area contributed by atoms with Gasteiger partial charge >= 0.3 is 0 Å². The fraction of sp³-hybridized carbons (Fsp3) is 0.280. The van der Waals surface area contributed by atoms with Crippen LogP contribution in [0.15, 0.2) is 72.8 Å². The molecule has 0 saturated carbocycles. The molecule has 0 amide bonds. The lowest BCUT2D eigenvalue weighted by Gasteiger charge is -2.34. The molecule has 4 nitrogen and oxygen atoms in total. The topological polar surface area (TPSA) is 41.9 Å². The summed E-state index contributed by atoms with van der Waals surface area (Å²) in [6, 6.07) is 24.3. The van der Waals surface area contributed by atoms with Gasteiger partial charge in [0.05, 0.1) is 6.61 Å². The number of hydrogen-bond acceptors (Lipinski definition) is 4. The van der Waals surface area contributed by atoms with Crippen molar-refractivity contribution in [1.29, 1.82) is 0 Å². The van der Waals surface area contributed by atoms with Gasteiger partial charge in [0.1, 0.15) is 23.9 Å². The van der Waals surface area contributed by atoms with Gasteiger partial charge in [-0.25, -0.2) is 0 Å². The SMILES string of the molecule is CN(C)CCOc1ccc([C@@H]2c3ccc(O)cc3OC[C@@H]2c2ccccc2)cc1. The van der Waals surface area contributed by atoms with Crippen molar-refractivity contribution < 1.29 is 14.6 Å². The minimum absolute atomic E-state index is 0.151. The van der Waals surface area contributed by atoms with Crippen molar-refractivity contribution in [2.45, 2.75) is 11.8 Å². The van der Waals surface area contributed by atoms with Gasteiger partial charge in [-0.1, -0.05) is 48.5 Å². The second kappa shape index (κ2) is 8.58. The van der Waals surface area contributed by atoms with E-state index in [1.54, 1.807) is 12.1 Å². The summed E-state index contributed by atoms with van der Waals surface area (Å²) in [4.78, 5) is 2.10. The molecule has 0 fully saturated rings. The van der Waals surface area contributed by atoms with Crippen molar-refractivity contribution in [2.24, 2.45) is 0 Å². The van der Waals surface area contributed by atoms with Crippen molar-refractivity contribution in [3.05, 3.63) is 89.5 Å². The number of rotatable bonds is 6. The third-order valence-electron chi connectivity index (χ3n) is 5.43. The van der Waals surface area contributed by atoms with E-state index in [9.17, 15) is 5.11 Å². The second-order valence-electron chi connectivity index (χ2n) is 7.75. The fourth-order valence-corrected chi connectivity index (χ4v) is 3.92. The number of nitrogens with zero attached hydrogens (tertiary/aromatic N) is 1. The molecule has 3 aromatic rings. The lowest BCUT2D eigenvalue weighted by atomic mass is 9.76. The van der Waals surface area contributed by atoms with Gasteiger partial charge in [0, 0.05) is 30.0 Å². The number of phenols is 1. The monoisotopic (exact) mass is 389 g/mol. The molecule has 1 N–H and O–H groups in total. The Kier molecular flexibility index (Phi) is 5.72. The molecule has 0 saturated heterocycles. The van der Waals surface area contributed by atoms with E-state index in [4.69, 9.17) is 9.47 Å². The fourth-order valence-electron chi connectivity index (χ4n) is 3.92. The maximum absolute atomic E-state index is 9.89. The van der Waals surface area contributed by atoms with Crippen LogP contribution in [0.2, 0.25) is 0 Å².